The lowest BCUT2D eigenvalue weighted by molar-refractivity contribution is 0.101. The number of hydrogen-bond donors (Lipinski definition) is 1. The Bertz CT molecular complexity index is 593. The number of carbonyl (C=O) groups is 1. The highest BCUT2D eigenvalue weighted by Crippen LogP contribution is 2.18. The molecule has 0 saturated carbocycles. The molecule has 0 aliphatic heterocycles. The molecular formula is C17H19NO3. The quantitative estimate of drug-likeness (QED) is 0.627. The lowest BCUT2D eigenvalue weighted by Crippen LogP contribution is -2.10. The van der Waals surface area contributed by atoms with Gasteiger partial charge in [-0.2, -0.15) is 0 Å². The number of benzene rings is 2. The molecule has 0 aromatic heterocycles. The third kappa shape index (κ3) is 4.33. The highest BCUT2D eigenvalue weighted by atomic mass is 16.5. The maximum atomic E-state index is 11.5. The summed E-state index contributed by atoms with van der Waals surface area (Å²) < 4.78 is 11.2. The van der Waals surface area contributed by atoms with E-state index < -0.39 is 0 Å². The highest BCUT2D eigenvalue weighted by Gasteiger charge is 2.06. The van der Waals surface area contributed by atoms with Crippen LogP contribution in [0.3, 0.4) is 0 Å². The topological polar surface area (TPSA) is 61.5 Å². The van der Waals surface area contributed by atoms with Crippen LogP contribution in [0, 0.1) is 0 Å². The van der Waals surface area contributed by atoms with E-state index in [0.29, 0.717) is 31.1 Å². The SMILES string of the molecule is CC(=O)c1ccccc1OCCOc1ccc(CN)cc1. The summed E-state index contributed by atoms with van der Waals surface area (Å²) in [7, 11) is 0. The van der Waals surface area contributed by atoms with E-state index in [4.69, 9.17) is 15.2 Å². The largest absolute Gasteiger partial charge is 0.490 e. The summed E-state index contributed by atoms with van der Waals surface area (Å²) in [6.45, 7) is 2.83. The first-order chi connectivity index (χ1) is 10.2. The Kier molecular flexibility index (Phi) is 5.35. The number of para-hydroxylation sites is 1. The van der Waals surface area contributed by atoms with Crippen LogP contribution in [0.2, 0.25) is 0 Å². The van der Waals surface area contributed by atoms with E-state index in [9.17, 15) is 4.79 Å². The van der Waals surface area contributed by atoms with Gasteiger partial charge in [-0.15, -0.1) is 0 Å². The third-order valence-electron chi connectivity index (χ3n) is 3.04. The summed E-state index contributed by atoms with van der Waals surface area (Å²) in [4.78, 5) is 11.5. The van der Waals surface area contributed by atoms with E-state index in [0.717, 1.165) is 11.3 Å². The van der Waals surface area contributed by atoms with Crippen LogP contribution in [0.4, 0.5) is 0 Å². The van der Waals surface area contributed by atoms with E-state index in [2.05, 4.69) is 0 Å². The lowest BCUT2D eigenvalue weighted by atomic mass is 10.1. The second-order valence-electron chi connectivity index (χ2n) is 4.60. The average Bonchev–Trinajstić information content (AvgIpc) is 2.52. The van der Waals surface area contributed by atoms with Gasteiger partial charge < -0.3 is 15.2 Å². The van der Waals surface area contributed by atoms with Crippen LogP contribution in [-0.4, -0.2) is 19.0 Å². The van der Waals surface area contributed by atoms with Gasteiger partial charge in [-0.05, 0) is 36.8 Å². The zero-order valence-corrected chi connectivity index (χ0v) is 12.0. The van der Waals surface area contributed by atoms with Crippen molar-refractivity contribution in [2.75, 3.05) is 13.2 Å². The van der Waals surface area contributed by atoms with E-state index >= 15 is 0 Å². The number of ketones is 1. The Morgan fingerprint density at radius 3 is 2.33 bits per heavy atom. The molecule has 0 heterocycles. The van der Waals surface area contributed by atoms with Gasteiger partial charge in [0.05, 0.1) is 5.56 Å². The number of Topliss-reactive ketones (excluding diaryl/α,β-unsaturated/α-hetero) is 1. The van der Waals surface area contributed by atoms with Gasteiger partial charge in [0.2, 0.25) is 0 Å². The van der Waals surface area contributed by atoms with Gasteiger partial charge in [-0.25, -0.2) is 0 Å². The highest BCUT2D eigenvalue weighted by molar-refractivity contribution is 5.96. The van der Waals surface area contributed by atoms with Crippen molar-refractivity contribution in [1.82, 2.24) is 0 Å². The molecule has 0 radical (unpaired) electrons. The summed E-state index contributed by atoms with van der Waals surface area (Å²) in [5.74, 6) is 1.35. The molecular weight excluding hydrogens is 266 g/mol. The molecule has 4 heteroatoms. The molecule has 0 atom stereocenters. The number of hydrogen-bond acceptors (Lipinski definition) is 4. The molecule has 21 heavy (non-hydrogen) atoms. The van der Waals surface area contributed by atoms with Gasteiger partial charge >= 0.3 is 0 Å². The van der Waals surface area contributed by atoms with Crippen LogP contribution in [0.25, 0.3) is 0 Å². The maximum absolute atomic E-state index is 11.5. The van der Waals surface area contributed by atoms with Gasteiger partial charge in [0.25, 0.3) is 0 Å². The Morgan fingerprint density at radius 1 is 1.00 bits per heavy atom. The molecule has 0 spiro atoms. The second kappa shape index (κ2) is 7.45. The van der Waals surface area contributed by atoms with E-state index in [1.165, 1.54) is 6.92 Å². The standard InChI is InChI=1S/C17H19NO3/c1-13(19)16-4-2-3-5-17(16)21-11-10-20-15-8-6-14(12-18)7-9-15/h2-9H,10-12,18H2,1H3. The van der Waals surface area contributed by atoms with Crippen molar-refractivity contribution < 1.29 is 14.3 Å². The molecule has 2 N–H and O–H groups in total. The number of nitrogens with two attached hydrogens (primary N) is 1. The molecule has 4 nitrogen and oxygen atoms in total. The number of carbonyl (C=O) groups excluding carboxylic acids is 1. The smallest absolute Gasteiger partial charge is 0.163 e. The molecule has 0 aliphatic rings. The Morgan fingerprint density at radius 2 is 1.67 bits per heavy atom. The monoisotopic (exact) mass is 285 g/mol. The van der Waals surface area contributed by atoms with Crippen molar-refractivity contribution in [3.8, 4) is 11.5 Å². The van der Waals surface area contributed by atoms with Crippen molar-refractivity contribution in [1.29, 1.82) is 0 Å². The predicted molar refractivity (Wildman–Crippen MR) is 81.8 cm³/mol. The summed E-state index contributed by atoms with van der Waals surface area (Å²) in [5.41, 5.74) is 7.19. The fourth-order valence-corrected chi connectivity index (χ4v) is 1.92. The molecule has 2 rings (SSSR count). The van der Waals surface area contributed by atoms with E-state index in [-0.39, 0.29) is 5.78 Å². The lowest BCUT2D eigenvalue weighted by Gasteiger charge is -2.11. The van der Waals surface area contributed by atoms with Gasteiger partial charge in [0.1, 0.15) is 24.7 Å². The van der Waals surface area contributed by atoms with Crippen LogP contribution in [-0.2, 0) is 6.54 Å². The molecule has 110 valence electrons. The minimum Gasteiger partial charge on any atom is -0.490 e. The molecule has 0 fully saturated rings. The molecule has 0 bridgehead atoms. The van der Waals surface area contributed by atoms with E-state index in [1.807, 2.05) is 36.4 Å². The fraction of sp³-hybridized carbons (Fsp3) is 0.235. The van der Waals surface area contributed by atoms with Gasteiger partial charge in [0.15, 0.2) is 5.78 Å². The Labute approximate surface area is 124 Å². The Balaban J connectivity index is 1.83. The summed E-state index contributed by atoms with van der Waals surface area (Å²) >= 11 is 0. The fourth-order valence-electron chi connectivity index (χ4n) is 1.92. The molecule has 2 aromatic carbocycles. The number of rotatable bonds is 7. The van der Waals surface area contributed by atoms with Crippen molar-refractivity contribution in [3.05, 3.63) is 59.7 Å². The van der Waals surface area contributed by atoms with Crippen LogP contribution >= 0.6 is 0 Å². The maximum Gasteiger partial charge on any atom is 0.163 e. The molecule has 2 aromatic rings. The summed E-state index contributed by atoms with van der Waals surface area (Å²) in [5, 5.41) is 0. The van der Waals surface area contributed by atoms with Gasteiger partial charge in [-0.3, -0.25) is 4.79 Å². The normalized spacial score (nSPS) is 10.2. The first kappa shape index (κ1) is 15.1. The van der Waals surface area contributed by atoms with Crippen LogP contribution in [0.1, 0.15) is 22.8 Å². The van der Waals surface area contributed by atoms with Crippen LogP contribution in [0.5, 0.6) is 11.5 Å². The zero-order chi connectivity index (χ0) is 15.1. The zero-order valence-electron chi connectivity index (χ0n) is 12.0. The molecule has 0 aliphatic carbocycles. The van der Waals surface area contributed by atoms with Crippen molar-refractivity contribution in [2.45, 2.75) is 13.5 Å². The molecule has 0 amide bonds. The van der Waals surface area contributed by atoms with Crippen molar-refractivity contribution in [2.24, 2.45) is 5.73 Å². The molecule has 0 unspecified atom stereocenters. The minimum absolute atomic E-state index is 0.0103. The van der Waals surface area contributed by atoms with Gasteiger partial charge in [0, 0.05) is 6.54 Å². The first-order valence-electron chi connectivity index (χ1n) is 6.85. The average molecular weight is 285 g/mol. The van der Waals surface area contributed by atoms with Crippen LogP contribution in [0.15, 0.2) is 48.5 Å². The van der Waals surface area contributed by atoms with Gasteiger partial charge in [-0.1, -0.05) is 24.3 Å². The third-order valence-corrected chi connectivity index (χ3v) is 3.04. The van der Waals surface area contributed by atoms with E-state index in [1.54, 1.807) is 12.1 Å². The van der Waals surface area contributed by atoms with Crippen molar-refractivity contribution in [3.63, 3.8) is 0 Å². The van der Waals surface area contributed by atoms with Crippen LogP contribution < -0.4 is 15.2 Å². The van der Waals surface area contributed by atoms with Crippen molar-refractivity contribution >= 4 is 5.78 Å². The first-order valence-corrected chi connectivity index (χ1v) is 6.85. The minimum atomic E-state index is -0.0103. The summed E-state index contributed by atoms with van der Waals surface area (Å²) in [6, 6.07) is 14.8. The summed E-state index contributed by atoms with van der Waals surface area (Å²) in [6.07, 6.45) is 0. The predicted octanol–water partition coefficient (Wildman–Crippen LogP) is 2.81. The number of ether oxygens (including phenoxy) is 2. The second-order valence-corrected chi connectivity index (χ2v) is 4.60. The Hall–Kier alpha value is -2.33. The molecule has 0 saturated heterocycles.